The molecular formula is C24H24FN3O3S. The Balaban J connectivity index is 1.45. The van der Waals surface area contributed by atoms with Gasteiger partial charge in [0.15, 0.2) is 0 Å². The monoisotopic (exact) mass is 453 g/mol. The fourth-order valence-corrected chi connectivity index (χ4v) is 5.26. The highest BCUT2D eigenvalue weighted by Gasteiger charge is 2.32. The van der Waals surface area contributed by atoms with Crippen LogP contribution in [0.1, 0.15) is 18.4 Å². The Morgan fingerprint density at radius 2 is 1.59 bits per heavy atom. The van der Waals surface area contributed by atoms with Gasteiger partial charge in [-0.3, -0.25) is 4.79 Å². The van der Waals surface area contributed by atoms with Gasteiger partial charge in [0.2, 0.25) is 10.0 Å². The number of rotatable bonds is 5. The number of piperidine rings is 1. The second-order valence-electron chi connectivity index (χ2n) is 7.75. The summed E-state index contributed by atoms with van der Waals surface area (Å²) in [6.07, 6.45) is 2.68. The van der Waals surface area contributed by atoms with Crippen molar-refractivity contribution in [3.8, 4) is 0 Å². The van der Waals surface area contributed by atoms with E-state index in [2.05, 4.69) is 4.99 Å². The van der Waals surface area contributed by atoms with Crippen molar-refractivity contribution in [1.29, 1.82) is 0 Å². The topological polar surface area (TPSA) is 71.7 Å². The summed E-state index contributed by atoms with van der Waals surface area (Å²) in [5.41, 5.74) is 1.68. The van der Waals surface area contributed by atoms with E-state index in [1.165, 1.54) is 16.4 Å². The number of pyridine rings is 1. The third-order valence-electron chi connectivity index (χ3n) is 5.59. The summed E-state index contributed by atoms with van der Waals surface area (Å²) in [6, 6.07) is 20.2. The van der Waals surface area contributed by atoms with Crippen LogP contribution in [0, 0.1) is 11.7 Å². The lowest BCUT2D eigenvalue weighted by Gasteiger charge is -2.29. The Morgan fingerprint density at radius 1 is 0.938 bits per heavy atom. The van der Waals surface area contributed by atoms with Crippen molar-refractivity contribution in [1.82, 2.24) is 8.87 Å². The van der Waals surface area contributed by atoms with Crippen LogP contribution in [0.2, 0.25) is 0 Å². The molecule has 1 amide bonds. The highest BCUT2D eigenvalue weighted by molar-refractivity contribution is 7.89. The Bertz CT molecular complexity index is 1250. The van der Waals surface area contributed by atoms with Gasteiger partial charge in [-0.05, 0) is 54.8 Å². The third-order valence-corrected chi connectivity index (χ3v) is 7.50. The van der Waals surface area contributed by atoms with E-state index in [0.717, 1.165) is 17.7 Å². The SMILES string of the molecule is O=C(N=c1ccccn1Cc1ccccc1)C1CCN(S(=O)(=O)c2ccc(F)cc2)CC1. The Labute approximate surface area is 186 Å². The number of amides is 1. The van der Waals surface area contributed by atoms with E-state index in [1.807, 2.05) is 53.2 Å². The minimum Gasteiger partial charge on any atom is -0.328 e. The Kier molecular flexibility index (Phi) is 6.62. The molecule has 0 aliphatic carbocycles. The van der Waals surface area contributed by atoms with Gasteiger partial charge in [0.1, 0.15) is 11.3 Å². The van der Waals surface area contributed by atoms with Gasteiger partial charge in [-0.2, -0.15) is 9.30 Å². The van der Waals surface area contributed by atoms with Crippen molar-refractivity contribution >= 4 is 15.9 Å². The molecule has 0 atom stereocenters. The zero-order chi connectivity index (χ0) is 22.6. The number of sulfonamides is 1. The first-order valence-corrected chi connectivity index (χ1v) is 11.9. The number of benzene rings is 2. The van der Waals surface area contributed by atoms with E-state index in [-0.39, 0.29) is 29.8 Å². The molecule has 4 rings (SSSR count). The molecule has 1 aromatic heterocycles. The molecule has 1 aliphatic rings. The maximum atomic E-state index is 13.1. The number of hydrogen-bond donors (Lipinski definition) is 0. The number of nitrogens with zero attached hydrogens (tertiary/aromatic N) is 3. The molecule has 6 nitrogen and oxygen atoms in total. The number of carbonyl (C=O) groups excluding carboxylic acids is 1. The number of aromatic nitrogens is 1. The molecule has 0 spiro atoms. The van der Waals surface area contributed by atoms with E-state index in [1.54, 1.807) is 6.07 Å². The van der Waals surface area contributed by atoms with Crippen LogP contribution in [-0.4, -0.2) is 36.3 Å². The summed E-state index contributed by atoms with van der Waals surface area (Å²) in [5.74, 6) is -1.06. The molecule has 1 saturated heterocycles. The fraction of sp³-hybridized carbons (Fsp3) is 0.250. The largest absolute Gasteiger partial charge is 0.328 e. The lowest BCUT2D eigenvalue weighted by atomic mass is 9.97. The summed E-state index contributed by atoms with van der Waals surface area (Å²) in [4.78, 5) is 17.2. The molecule has 1 aliphatic heterocycles. The predicted molar refractivity (Wildman–Crippen MR) is 118 cm³/mol. The van der Waals surface area contributed by atoms with Crippen LogP contribution < -0.4 is 5.49 Å². The van der Waals surface area contributed by atoms with Crippen molar-refractivity contribution in [2.45, 2.75) is 24.3 Å². The van der Waals surface area contributed by atoms with Crippen molar-refractivity contribution in [3.05, 3.63) is 95.9 Å². The highest BCUT2D eigenvalue weighted by atomic mass is 32.2. The van der Waals surface area contributed by atoms with Crippen molar-refractivity contribution in [2.75, 3.05) is 13.1 Å². The molecule has 0 N–H and O–H groups in total. The second-order valence-corrected chi connectivity index (χ2v) is 9.69. The van der Waals surface area contributed by atoms with Gasteiger partial charge in [-0.25, -0.2) is 12.8 Å². The molecule has 1 fully saturated rings. The first kappa shape index (κ1) is 22.1. The maximum Gasteiger partial charge on any atom is 0.250 e. The lowest BCUT2D eigenvalue weighted by molar-refractivity contribution is -0.122. The maximum absolute atomic E-state index is 13.1. The molecule has 0 unspecified atom stereocenters. The third kappa shape index (κ3) is 5.03. The summed E-state index contributed by atoms with van der Waals surface area (Å²) in [6.45, 7) is 1.05. The number of hydrogen-bond acceptors (Lipinski definition) is 3. The van der Waals surface area contributed by atoms with Crippen LogP contribution in [0.15, 0.2) is 88.9 Å². The number of halogens is 1. The van der Waals surface area contributed by atoms with Gasteiger partial charge in [0.05, 0.1) is 4.90 Å². The molecular weight excluding hydrogens is 429 g/mol. The van der Waals surface area contributed by atoms with Crippen LogP contribution in [0.5, 0.6) is 0 Å². The van der Waals surface area contributed by atoms with Gasteiger partial charge in [0, 0.05) is 31.7 Å². The quantitative estimate of drug-likeness (QED) is 0.596. The first-order valence-electron chi connectivity index (χ1n) is 10.5. The smallest absolute Gasteiger partial charge is 0.250 e. The average Bonchev–Trinajstić information content (AvgIpc) is 2.81. The molecule has 3 aromatic rings. The van der Waals surface area contributed by atoms with Crippen LogP contribution in [-0.2, 0) is 21.4 Å². The zero-order valence-corrected chi connectivity index (χ0v) is 18.3. The van der Waals surface area contributed by atoms with Gasteiger partial charge in [0.25, 0.3) is 5.91 Å². The van der Waals surface area contributed by atoms with Gasteiger partial charge < -0.3 is 4.57 Å². The minimum absolute atomic E-state index is 0.0552. The van der Waals surface area contributed by atoms with Crippen LogP contribution in [0.25, 0.3) is 0 Å². The van der Waals surface area contributed by atoms with Crippen LogP contribution in [0.4, 0.5) is 4.39 Å². The van der Waals surface area contributed by atoms with E-state index < -0.39 is 15.8 Å². The van der Waals surface area contributed by atoms with Gasteiger partial charge >= 0.3 is 0 Å². The minimum atomic E-state index is -3.71. The van der Waals surface area contributed by atoms with Gasteiger partial charge in [-0.1, -0.05) is 36.4 Å². The predicted octanol–water partition coefficient (Wildman–Crippen LogP) is 3.20. The molecule has 0 saturated carbocycles. The summed E-state index contributed by atoms with van der Waals surface area (Å²) < 4.78 is 41.9. The highest BCUT2D eigenvalue weighted by Crippen LogP contribution is 2.24. The Morgan fingerprint density at radius 3 is 2.28 bits per heavy atom. The van der Waals surface area contributed by atoms with Crippen molar-refractivity contribution < 1.29 is 17.6 Å². The van der Waals surface area contributed by atoms with Crippen molar-refractivity contribution in [2.24, 2.45) is 10.9 Å². The molecule has 0 radical (unpaired) electrons. The molecule has 0 bridgehead atoms. The molecule has 32 heavy (non-hydrogen) atoms. The van der Waals surface area contributed by atoms with Crippen LogP contribution in [0.3, 0.4) is 0 Å². The Hall–Kier alpha value is -3.10. The number of carbonyl (C=O) groups is 1. The van der Waals surface area contributed by atoms with E-state index in [0.29, 0.717) is 24.9 Å². The fourth-order valence-electron chi connectivity index (χ4n) is 3.79. The van der Waals surface area contributed by atoms with Crippen LogP contribution >= 0.6 is 0 Å². The normalized spacial score (nSPS) is 16.2. The first-order chi connectivity index (χ1) is 15.4. The lowest BCUT2D eigenvalue weighted by Crippen LogP contribution is -2.40. The summed E-state index contributed by atoms with van der Waals surface area (Å²) in [7, 11) is -3.71. The van der Waals surface area contributed by atoms with Crippen molar-refractivity contribution in [3.63, 3.8) is 0 Å². The molecule has 166 valence electrons. The van der Waals surface area contributed by atoms with E-state index >= 15 is 0 Å². The average molecular weight is 454 g/mol. The molecule has 2 heterocycles. The molecule has 8 heteroatoms. The van der Waals surface area contributed by atoms with E-state index in [9.17, 15) is 17.6 Å². The second kappa shape index (κ2) is 9.58. The zero-order valence-electron chi connectivity index (χ0n) is 17.5. The standard InChI is InChI=1S/C24H24FN3O3S/c25-21-9-11-22(12-10-21)32(30,31)28-16-13-20(14-17-28)24(29)26-23-8-4-5-15-27(23)18-19-6-2-1-3-7-19/h1-12,15,20H,13-14,16-18H2. The molecule has 2 aromatic carbocycles. The van der Waals surface area contributed by atoms with E-state index in [4.69, 9.17) is 0 Å². The van der Waals surface area contributed by atoms with Gasteiger partial charge in [-0.15, -0.1) is 0 Å². The summed E-state index contributed by atoms with van der Waals surface area (Å²) >= 11 is 0. The summed E-state index contributed by atoms with van der Waals surface area (Å²) in [5, 5.41) is 0.